The lowest BCUT2D eigenvalue weighted by Gasteiger charge is -2.12. The van der Waals surface area contributed by atoms with Crippen molar-refractivity contribution in [1.29, 1.82) is 0 Å². The number of hydrogen-bond acceptors (Lipinski definition) is 6. The van der Waals surface area contributed by atoms with E-state index in [1.807, 2.05) is 28.9 Å². The van der Waals surface area contributed by atoms with E-state index < -0.39 is 17.9 Å². The molecule has 1 amide bonds. The fourth-order valence-electron chi connectivity index (χ4n) is 4.21. The number of pyridine rings is 2. The number of halogens is 4. The summed E-state index contributed by atoms with van der Waals surface area (Å²) in [5, 5.41) is 5.76. The Hall–Kier alpha value is -4.19. The van der Waals surface area contributed by atoms with Crippen LogP contribution in [0.1, 0.15) is 41.5 Å². The molecule has 5 aromatic rings. The second-order valence-electron chi connectivity index (χ2n) is 9.10. The first-order valence-corrected chi connectivity index (χ1v) is 12.2. The van der Waals surface area contributed by atoms with Crippen LogP contribution in [0.3, 0.4) is 0 Å². The summed E-state index contributed by atoms with van der Waals surface area (Å²) in [5.74, 6) is -1.76. The van der Waals surface area contributed by atoms with Crippen molar-refractivity contribution in [3.05, 3.63) is 83.0 Å². The second kappa shape index (κ2) is 9.28. The summed E-state index contributed by atoms with van der Waals surface area (Å²) in [7, 11) is 0. The van der Waals surface area contributed by atoms with Gasteiger partial charge in [-0.15, -0.1) is 0 Å². The second-order valence-corrected chi connectivity index (χ2v) is 9.54. The molecule has 9 nitrogen and oxygen atoms in total. The third kappa shape index (κ3) is 5.12. The number of hydrogen-bond donors (Lipinski definition) is 2. The molecule has 1 aliphatic rings. The van der Waals surface area contributed by atoms with Crippen LogP contribution in [-0.4, -0.2) is 34.6 Å². The van der Waals surface area contributed by atoms with Gasteiger partial charge in [0, 0.05) is 29.7 Å². The van der Waals surface area contributed by atoms with E-state index in [9.17, 15) is 18.0 Å². The zero-order valence-electron chi connectivity index (χ0n) is 19.7. The summed E-state index contributed by atoms with van der Waals surface area (Å²) in [6.07, 6.45) is 4.43. The summed E-state index contributed by atoms with van der Waals surface area (Å²) in [5.41, 5.74) is 3.65. The predicted octanol–water partition coefficient (Wildman–Crippen LogP) is 5.11. The average molecular weight is 541 g/mol. The Morgan fingerprint density at radius 3 is 2.66 bits per heavy atom. The molecule has 0 saturated heterocycles. The SMILES string of the molecule is O=C(Cc1ncn2ccc(Cl)cc12)Nc1cc(NCc2cn3cc(C4CC4)ccc3n2)nc(C(F)(F)F)n1. The summed E-state index contributed by atoms with van der Waals surface area (Å²) >= 11 is 6.03. The summed E-state index contributed by atoms with van der Waals surface area (Å²) in [4.78, 5) is 28.5. The molecule has 0 aromatic carbocycles. The number of carbonyl (C=O) groups excluding carboxylic acids is 1. The number of aromatic nitrogens is 6. The van der Waals surface area contributed by atoms with Crippen LogP contribution < -0.4 is 10.6 Å². The number of carbonyl (C=O) groups is 1. The zero-order valence-corrected chi connectivity index (χ0v) is 20.5. The Kier molecular flexibility index (Phi) is 5.90. The number of anilines is 2. The smallest absolute Gasteiger partial charge is 0.364 e. The van der Waals surface area contributed by atoms with Gasteiger partial charge in [-0.1, -0.05) is 17.7 Å². The van der Waals surface area contributed by atoms with Gasteiger partial charge in [-0.2, -0.15) is 13.2 Å². The maximum atomic E-state index is 13.5. The quantitative estimate of drug-likeness (QED) is 0.297. The molecule has 2 N–H and O–H groups in total. The molecular weight excluding hydrogens is 521 g/mol. The number of alkyl halides is 3. The molecule has 5 heterocycles. The highest BCUT2D eigenvalue weighted by atomic mass is 35.5. The van der Waals surface area contributed by atoms with Gasteiger partial charge in [0.15, 0.2) is 0 Å². The molecule has 5 aromatic heterocycles. The van der Waals surface area contributed by atoms with Crippen molar-refractivity contribution in [2.75, 3.05) is 10.6 Å². The van der Waals surface area contributed by atoms with Gasteiger partial charge in [0.05, 0.1) is 36.2 Å². The highest BCUT2D eigenvalue weighted by molar-refractivity contribution is 6.30. The molecule has 0 radical (unpaired) electrons. The first-order chi connectivity index (χ1) is 18.2. The van der Waals surface area contributed by atoms with E-state index in [0.717, 1.165) is 5.65 Å². The average Bonchev–Trinajstić information content (AvgIpc) is 3.53. The number of imidazole rings is 2. The lowest BCUT2D eigenvalue weighted by molar-refractivity contribution is -0.144. The number of nitrogens with one attached hydrogen (secondary N) is 2. The van der Waals surface area contributed by atoms with Crippen LogP contribution in [0.2, 0.25) is 5.02 Å². The normalized spacial score (nSPS) is 13.8. The van der Waals surface area contributed by atoms with Crippen molar-refractivity contribution in [1.82, 2.24) is 28.7 Å². The summed E-state index contributed by atoms with van der Waals surface area (Å²) < 4.78 is 44.1. The molecule has 194 valence electrons. The molecule has 0 spiro atoms. The number of rotatable bonds is 7. The van der Waals surface area contributed by atoms with Crippen molar-refractivity contribution >= 4 is 40.3 Å². The van der Waals surface area contributed by atoms with E-state index in [1.54, 1.807) is 22.7 Å². The standard InChI is InChI=1S/C25H20ClF3N8O/c26-16-5-6-36-13-31-18(19(36)7-16)8-23(38)33-21-9-20(34-24(35-21)25(27,28)29)30-10-17-12-37-11-15(14-1-2-14)3-4-22(37)32-17/h3-7,9,11-14H,1-2,8,10H2,(H2,30,33,34,35,38). The van der Waals surface area contributed by atoms with Crippen LogP contribution in [0, 0.1) is 0 Å². The summed E-state index contributed by atoms with van der Waals surface area (Å²) in [6.45, 7) is 0.129. The van der Waals surface area contributed by atoms with Gasteiger partial charge in [0.1, 0.15) is 17.3 Å². The molecule has 0 atom stereocenters. The fourth-order valence-corrected chi connectivity index (χ4v) is 4.37. The molecule has 13 heteroatoms. The first-order valence-electron chi connectivity index (χ1n) is 11.8. The number of amides is 1. The van der Waals surface area contributed by atoms with Gasteiger partial charge in [-0.25, -0.2) is 19.9 Å². The van der Waals surface area contributed by atoms with Crippen molar-refractivity contribution in [2.45, 2.75) is 37.9 Å². The van der Waals surface area contributed by atoms with Crippen molar-refractivity contribution in [3.63, 3.8) is 0 Å². The van der Waals surface area contributed by atoms with Gasteiger partial charge in [-0.3, -0.25) is 4.79 Å². The van der Waals surface area contributed by atoms with Crippen molar-refractivity contribution in [2.24, 2.45) is 0 Å². The lowest BCUT2D eigenvalue weighted by Crippen LogP contribution is -2.19. The minimum absolute atomic E-state index is 0.0995. The van der Waals surface area contributed by atoms with Crippen LogP contribution in [0.4, 0.5) is 24.8 Å². The zero-order chi connectivity index (χ0) is 26.4. The Bertz CT molecular complexity index is 1670. The van der Waals surface area contributed by atoms with E-state index in [1.165, 1.54) is 30.8 Å². The maximum absolute atomic E-state index is 13.5. The van der Waals surface area contributed by atoms with Gasteiger partial charge in [0.2, 0.25) is 11.7 Å². The molecule has 1 saturated carbocycles. The third-order valence-electron chi connectivity index (χ3n) is 6.18. The van der Waals surface area contributed by atoms with E-state index >= 15 is 0 Å². The molecule has 0 aliphatic heterocycles. The molecule has 0 unspecified atom stereocenters. The Balaban J connectivity index is 1.19. The van der Waals surface area contributed by atoms with Crippen LogP contribution in [-0.2, 0) is 23.9 Å². The Labute approximate surface area is 218 Å². The van der Waals surface area contributed by atoms with Crippen LogP contribution in [0.25, 0.3) is 11.2 Å². The number of fused-ring (bicyclic) bond motifs is 2. The molecular formula is C25H20ClF3N8O. The molecule has 0 bridgehead atoms. The molecule has 1 fully saturated rings. The predicted molar refractivity (Wildman–Crippen MR) is 134 cm³/mol. The molecule has 38 heavy (non-hydrogen) atoms. The molecule has 1 aliphatic carbocycles. The Morgan fingerprint density at radius 2 is 1.87 bits per heavy atom. The highest BCUT2D eigenvalue weighted by Gasteiger charge is 2.35. The van der Waals surface area contributed by atoms with Crippen LogP contribution in [0.15, 0.2) is 55.2 Å². The Morgan fingerprint density at radius 1 is 1.05 bits per heavy atom. The van der Waals surface area contributed by atoms with Crippen molar-refractivity contribution in [3.8, 4) is 0 Å². The minimum Gasteiger partial charge on any atom is -0.364 e. The maximum Gasteiger partial charge on any atom is 0.451 e. The van der Waals surface area contributed by atoms with E-state index in [4.69, 9.17) is 11.6 Å². The minimum atomic E-state index is -4.81. The third-order valence-corrected chi connectivity index (χ3v) is 6.41. The van der Waals surface area contributed by atoms with Gasteiger partial charge in [0.25, 0.3) is 0 Å². The molecule has 6 rings (SSSR count). The van der Waals surface area contributed by atoms with Crippen LogP contribution in [0.5, 0.6) is 0 Å². The van der Waals surface area contributed by atoms with Gasteiger partial charge >= 0.3 is 6.18 Å². The largest absolute Gasteiger partial charge is 0.451 e. The topological polar surface area (TPSA) is 102 Å². The van der Waals surface area contributed by atoms with Gasteiger partial charge in [-0.05, 0) is 42.5 Å². The lowest BCUT2D eigenvalue weighted by atomic mass is 10.2. The van der Waals surface area contributed by atoms with Gasteiger partial charge < -0.3 is 19.4 Å². The monoisotopic (exact) mass is 540 g/mol. The van der Waals surface area contributed by atoms with E-state index in [2.05, 4.69) is 30.6 Å². The number of nitrogens with zero attached hydrogens (tertiary/aromatic N) is 6. The van der Waals surface area contributed by atoms with E-state index in [0.29, 0.717) is 27.8 Å². The first kappa shape index (κ1) is 24.2. The highest BCUT2D eigenvalue weighted by Crippen LogP contribution is 2.39. The van der Waals surface area contributed by atoms with Crippen LogP contribution >= 0.6 is 11.6 Å². The van der Waals surface area contributed by atoms with Crippen molar-refractivity contribution < 1.29 is 18.0 Å². The fraction of sp³-hybridized carbons (Fsp3) is 0.240. The summed E-state index contributed by atoms with van der Waals surface area (Å²) in [6, 6.07) is 8.54. The van der Waals surface area contributed by atoms with E-state index in [-0.39, 0.29) is 24.6 Å².